The van der Waals surface area contributed by atoms with Gasteiger partial charge in [0.25, 0.3) is 5.91 Å². The molecule has 0 N–H and O–H groups in total. The monoisotopic (exact) mass is 484 g/mol. The number of nitrogens with zero attached hydrogens (tertiary/aromatic N) is 2. The third-order valence-electron chi connectivity index (χ3n) is 5.50. The average Bonchev–Trinajstić information content (AvgIpc) is 3.07. The number of halogens is 3. The van der Waals surface area contributed by atoms with E-state index in [9.17, 15) is 22.8 Å². The number of carbonyl (C=O) groups excluding carboxylic acids is 2. The minimum atomic E-state index is -4.61. The van der Waals surface area contributed by atoms with Crippen molar-refractivity contribution in [3.8, 4) is 5.75 Å². The number of aromatic nitrogens is 1. The molecule has 1 fully saturated rings. The molecule has 1 aliphatic carbocycles. The van der Waals surface area contributed by atoms with Crippen LogP contribution in [0.3, 0.4) is 0 Å². The van der Waals surface area contributed by atoms with Gasteiger partial charge in [0.15, 0.2) is 4.80 Å². The van der Waals surface area contributed by atoms with Crippen LogP contribution in [0.1, 0.15) is 67.8 Å². The van der Waals surface area contributed by atoms with Crippen molar-refractivity contribution in [2.45, 2.75) is 70.7 Å². The van der Waals surface area contributed by atoms with Crippen molar-refractivity contribution in [2.75, 3.05) is 7.11 Å². The fourth-order valence-corrected chi connectivity index (χ4v) is 4.65. The highest BCUT2D eigenvalue weighted by molar-refractivity contribution is 7.09. The Kier molecular flexibility index (Phi) is 6.79. The summed E-state index contributed by atoms with van der Waals surface area (Å²) in [5, 5.41) is 0. The van der Waals surface area contributed by atoms with E-state index in [2.05, 4.69) is 4.99 Å². The summed E-state index contributed by atoms with van der Waals surface area (Å²) in [6.45, 7) is 7.69. The normalized spacial score (nSPS) is 16.3. The van der Waals surface area contributed by atoms with Crippen LogP contribution in [-0.4, -0.2) is 29.2 Å². The summed E-state index contributed by atoms with van der Waals surface area (Å²) in [7, 11) is 1.28. The summed E-state index contributed by atoms with van der Waals surface area (Å²) >= 11 is 1.28. The van der Waals surface area contributed by atoms with Crippen molar-refractivity contribution in [2.24, 2.45) is 4.99 Å². The number of rotatable bonds is 5. The lowest BCUT2D eigenvalue weighted by molar-refractivity contribution is -0.169. The Bertz CT molecular complexity index is 1120. The highest BCUT2D eigenvalue weighted by atomic mass is 32.1. The van der Waals surface area contributed by atoms with Crippen LogP contribution in [0.4, 0.5) is 13.2 Å². The molecule has 0 bridgehead atoms. The molecule has 10 heteroatoms. The predicted molar refractivity (Wildman–Crippen MR) is 117 cm³/mol. The van der Waals surface area contributed by atoms with Crippen LogP contribution in [0, 0.1) is 0 Å². The molecule has 1 saturated carbocycles. The standard InChI is InChI=1S/C23H27F3N2O4S/c1-14(29)32-22(9-6-10-22)13-28-12-18(21(2,3)4)33-20(28)27-19(30)16-11-15(23(24,25)26)7-8-17(16)31-5/h7-8,11-12H,6,9-10,13H2,1-5H3/b27-20-. The van der Waals surface area contributed by atoms with E-state index in [0.29, 0.717) is 24.2 Å². The Morgan fingerprint density at radius 2 is 1.88 bits per heavy atom. The Hall–Kier alpha value is -2.62. The van der Waals surface area contributed by atoms with Crippen molar-refractivity contribution in [1.29, 1.82) is 0 Å². The summed E-state index contributed by atoms with van der Waals surface area (Å²) in [5.74, 6) is -1.22. The van der Waals surface area contributed by atoms with Crippen LogP contribution in [0.15, 0.2) is 29.4 Å². The number of esters is 1. The van der Waals surface area contributed by atoms with E-state index in [1.165, 1.54) is 25.4 Å². The van der Waals surface area contributed by atoms with Gasteiger partial charge in [-0.25, -0.2) is 0 Å². The summed E-state index contributed by atoms with van der Waals surface area (Å²) in [6, 6.07) is 2.72. The maximum atomic E-state index is 13.2. The van der Waals surface area contributed by atoms with E-state index < -0.39 is 23.2 Å². The van der Waals surface area contributed by atoms with E-state index in [1.807, 2.05) is 27.0 Å². The van der Waals surface area contributed by atoms with E-state index >= 15 is 0 Å². The molecule has 0 atom stereocenters. The van der Waals surface area contributed by atoms with E-state index in [4.69, 9.17) is 9.47 Å². The SMILES string of the molecule is COc1ccc(C(F)(F)F)cc1C(=O)/N=c1\sc(C(C)(C)C)cn1CC1(OC(C)=O)CCC1. The van der Waals surface area contributed by atoms with Crippen molar-refractivity contribution in [1.82, 2.24) is 4.57 Å². The van der Waals surface area contributed by atoms with Crippen LogP contribution < -0.4 is 9.54 Å². The number of alkyl halides is 3. The Morgan fingerprint density at radius 3 is 2.36 bits per heavy atom. The smallest absolute Gasteiger partial charge is 0.416 e. The van der Waals surface area contributed by atoms with Gasteiger partial charge in [-0.2, -0.15) is 18.2 Å². The van der Waals surface area contributed by atoms with Crippen LogP contribution in [0.25, 0.3) is 0 Å². The summed E-state index contributed by atoms with van der Waals surface area (Å²) in [6.07, 6.45) is -0.449. The molecule has 180 valence electrons. The molecular weight excluding hydrogens is 457 g/mol. The molecule has 2 aromatic rings. The topological polar surface area (TPSA) is 69.9 Å². The molecule has 1 heterocycles. The first-order valence-corrected chi connectivity index (χ1v) is 11.3. The van der Waals surface area contributed by atoms with E-state index in [1.54, 1.807) is 4.57 Å². The Balaban J connectivity index is 2.08. The minimum absolute atomic E-state index is 0.00581. The molecule has 1 aromatic carbocycles. The molecule has 1 aliphatic rings. The van der Waals surface area contributed by atoms with Gasteiger partial charge >= 0.3 is 12.1 Å². The van der Waals surface area contributed by atoms with Gasteiger partial charge in [0.05, 0.1) is 24.8 Å². The second-order valence-electron chi connectivity index (χ2n) is 9.22. The number of methoxy groups -OCH3 is 1. The Morgan fingerprint density at radius 1 is 1.21 bits per heavy atom. The number of thiazole rings is 1. The first-order chi connectivity index (χ1) is 15.2. The van der Waals surface area contributed by atoms with Gasteiger partial charge in [0.2, 0.25) is 0 Å². The molecule has 0 unspecified atom stereocenters. The molecule has 3 rings (SSSR count). The number of amides is 1. The molecular formula is C23H27F3N2O4S. The third kappa shape index (κ3) is 5.66. The lowest BCUT2D eigenvalue weighted by Crippen LogP contribution is -2.46. The van der Waals surface area contributed by atoms with Crippen LogP contribution in [0.5, 0.6) is 5.75 Å². The van der Waals surface area contributed by atoms with Crippen molar-refractivity contribution in [3.05, 3.63) is 45.2 Å². The van der Waals surface area contributed by atoms with Crippen molar-refractivity contribution < 1.29 is 32.2 Å². The van der Waals surface area contributed by atoms with Gasteiger partial charge in [0, 0.05) is 18.0 Å². The predicted octanol–water partition coefficient (Wildman–Crippen LogP) is 5.10. The average molecular weight is 485 g/mol. The maximum absolute atomic E-state index is 13.2. The van der Waals surface area contributed by atoms with Gasteiger partial charge in [-0.05, 0) is 42.9 Å². The highest BCUT2D eigenvalue weighted by Gasteiger charge is 2.41. The largest absolute Gasteiger partial charge is 0.496 e. The van der Waals surface area contributed by atoms with Gasteiger partial charge in [0.1, 0.15) is 11.4 Å². The van der Waals surface area contributed by atoms with Crippen LogP contribution in [0.2, 0.25) is 0 Å². The van der Waals surface area contributed by atoms with Gasteiger partial charge in [-0.3, -0.25) is 9.59 Å². The first kappa shape index (κ1) is 25.0. The third-order valence-corrected chi connectivity index (χ3v) is 6.94. The summed E-state index contributed by atoms with van der Waals surface area (Å²) < 4.78 is 52.0. The van der Waals surface area contributed by atoms with Crippen molar-refractivity contribution >= 4 is 23.2 Å². The molecule has 0 saturated heterocycles. The quantitative estimate of drug-likeness (QED) is 0.554. The molecule has 1 amide bonds. The van der Waals surface area contributed by atoms with Crippen molar-refractivity contribution in [3.63, 3.8) is 0 Å². The molecule has 0 radical (unpaired) electrons. The molecule has 1 aromatic heterocycles. The number of hydrogen-bond acceptors (Lipinski definition) is 5. The minimum Gasteiger partial charge on any atom is -0.496 e. The Labute approximate surface area is 194 Å². The summed E-state index contributed by atoms with van der Waals surface area (Å²) in [5.41, 5.74) is -2.15. The molecule has 33 heavy (non-hydrogen) atoms. The van der Waals surface area contributed by atoms with E-state index in [-0.39, 0.29) is 22.7 Å². The number of benzene rings is 1. The summed E-state index contributed by atoms with van der Waals surface area (Å²) in [4.78, 5) is 30.1. The highest BCUT2D eigenvalue weighted by Crippen LogP contribution is 2.38. The van der Waals surface area contributed by atoms with Gasteiger partial charge < -0.3 is 14.0 Å². The number of ether oxygens (including phenoxy) is 2. The zero-order valence-corrected chi connectivity index (χ0v) is 20.0. The van der Waals surface area contributed by atoms with Gasteiger partial charge in [-0.1, -0.05) is 20.8 Å². The fourth-order valence-electron chi connectivity index (χ4n) is 3.60. The van der Waals surface area contributed by atoms with Gasteiger partial charge in [-0.15, -0.1) is 11.3 Å². The second-order valence-corrected chi connectivity index (χ2v) is 10.2. The lowest BCUT2D eigenvalue weighted by atomic mass is 9.80. The lowest BCUT2D eigenvalue weighted by Gasteiger charge is -2.40. The molecule has 0 spiro atoms. The van der Waals surface area contributed by atoms with E-state index in [0.717, 1.165) is 29.5 Å². The fraction of sp³-hybridized carbons (Fsp3) is 0.522. The zero-order chi connectivity index (χ0) is 24.6. The van der Waals surface area contributed by atoms with Crippen LogP contribution >= 0.6 is 11.3 Å². The number of hydrogen-bond donors (Lipinski definition) is 0. The molecule has 6 nitrogen and oxygen atoms in total. The zero-order valence-electron chi connectivity index (χ0n) is 19.2. The maximum Gasteiger partial charge on any atom is 0.416 e. The molecule has 0 aliphatic heterocycles. The number of carbonyl (C=O) groups is 2. The second kappa shape index (κ2) is 8.96. The first-order valence-electron chi connectivity index (χ1n) is 10.5. The van der Waals surface area contributed by atoms with Crippen LogP contribution in [-0.2, 0) is 27.7 Å².